The molecule has 1 saturated heterocycles. The molecule has 1 aliphatic rings. The molecule has 3 rings (SSSR count). The van der Waals surface area contributed by atoms with Crippen molar-refractivity contribution in [2.24, 2.45) is 11.8 Å². The number of Topliss-reactive ketones (excluding diaryl/α,β-unsaturated/α-hetero) is 1. The van der Waals surface area contributed by atoms with E-state index in [9.17, 15) is 23.2 Å². The fraction of sp³-hybridized carbons (Fsp3) is 0.500. The topological polar surface area (TPSA) is 119 Å². The Balaban J connectivity index is 1.78. The second kappa shape index (κ2) is 15.2. The molecule has 4 atom stereocenters. The molecule has 1 aromatic heterocycles. The first-order valence-corrected chi connectivity index (χ1v) is 12.7. The number of benzene rings is 1. The number of rotatable bonds is 12. The molecule has 1 fully saturated rings. The lowest BCUT2D eigenvalue weighted by Gasteiger charge is -2.30. The van der Waals surface area contributed by atoms with Crippen LogP contribution in [0, 0.1) is 11.8 Å². The van der Waals surface area contributed by atoms with Crippen LogP contribution in [0.3, 0.4) is 0 Å². The van der Waals surface area contributed by atoms with Crippen molar-refractivity contribution in [2.45, 2.75) is 45.3 Å². The minimum atomic E-state index is -2.70. The lowest BCUT2D eigenvalue weighted by atomic mass is 9.91. The summed E-state index contributed by atoms with van der Waals surface area (Å²) in [4.78, 5) is 41.6. The Morgan fingerprint density at radius 3 is 2.58 bits per heavy atom. The predicted molar refractivity (Wildman–Crippen MR) is 136 cm³/mol. The number of cyclic esters (lactones) is 1. The molecule has 218 valence electrons. The van der Waals surface area contributed by atoms with E-state index in [1.54, 1.807) is 6.92 Å². The molecular formula is C28H33F2NO9. The molecule has 0 N–H and O–H groups in total. The van der Waals surface area contributed by atoms with Crippen molar-refractivity contribution < 1.29 is 51.6 Å². The van der Waals surface area contributed by atoms with E-state index in [0.717, 1.165) is 5.56 Å². The number of aromatic nitrogens is 1. The van der Waals surface area contributed by atoms with Gasteiger partial charge in [0.05, 0.1) is 32.3 Å². The average Bonchev–Trinajstić information content (AvgIpc) is 2.96. The van der Waals surface area contributed by atoms with Gasteiger partial charge in [0.25, 0.3) is 6.43 Å². The van der Waals surface area contributed by atoms with Gasteiger partial charge in [-0.2, -0.15) is 0 Å². The second-order valence-corrected chi connectivity index (χ2v) is 9.23. The number of hydrogen-bond donors (Lipinski definition) is 0. The van der Waals surface area contributed by atoms with Crippen LogP contribution in [0.1, 0.15) is 36.3 Å². The summed E-state index contributed by atoms with van der Waals surface area (Å²) in [5, 5.41) is 0. The molecule has 2 aromatic rings. The summed E-state index contributed by atoms with van der Waals surface area (Å²) in [5.74, 6) is -3.19. The van der Waals surface area contributed by atoms with Gasteiger partial charge in [0, 0.05) is 31.5 Å². The van der Waals surface area contributed by atoms with Crippen molar-refractivity contribution in [1.29, 1.82) is 0 Å². The molecule has 0 bridgehead atoms. The molecule has 1 aromatic carbocycles. The summed E-state index contributed by atoms with van der Waals surface area (Å²) in [6.45, 7) is 1.40. The van der Waals surface area contributed by atoms with Crippen LogP contribution < -0.4 is 9.47 Å². The highest BCUT2D eigenvalue weighted by Crippen LogP contribution is 2.32. The van der Waals surface area contributed by atoms with Crippen LogP contribution in [-0.4, -0.2) is 75.1 Å². The van der Waals surface area contributed by atoms with Crippen molar-refractivity contribution >= 4 is 17.7 Å². The Hall–Kier alpha value is -3.64. The van der Waals surface area contributed by atoms with E-state index in [1.807, 2.05) is 30.3 Å². The fourth-order valence-corrected chi connectivity index (χ4v) is 4.37. The first kappa shape index (κ1) is 30.9. The number of carbonyl (C=O) groups excluding carboxylic acids is 3. The van der Waals surface area contributed by atoms with E-state index in [4.69, 9.17) is 28.4 Å². The number of ketones is 1. The maximum atomic E-state index is 13.3. The third-order valence-electron chi connectivity index (χ3n) is 6.22. The van der Waals surface area contributed by atoms with Gasteiger partial charge in [-0.25, -0.2) is 13.8 Å². The molecule has 12 heteroatoms. The van der Waals surface area contributed by atoms with Gasteiger partial charge >= 0.3 is 11.9 Å². The van der Waals surface area contributed by atoms with E-state index in [0.29, 0.717) is 6.42 Å². The minimum Gasteiger partial charge on any atom is -0.493 e. The maximum Gasteiger partial charge on any atom is 0.312 e. The largest absolute Gasteiger partial charge is 0.493 e. The van der Waals surface area contributed by atoms with Gasteiger partial charge in [-0.1, -0.05) is 30.3 Å². The highest BCUT2D eigenvalue weighted by atomic mass is 19.3. The molecule has 2 heterocycles. The van der Waals surface area contributed by atoms with Crippen molar-refractivity contribution in [3.8, 4) is 11.5 Å². The smallest absolute Gasteiger partial charge is 0.312 e. The molecule has 0 spiro atoms. The zero-order chi connectivity index (χ0) is 29.1. The second-order valence-electron chi connectivity index (χ2n) is 9.23. The van der Waals surface area contributed by atoms with Crippen LogP contribution in [0.4, 0.5) is 8.78 Å². The first-order chi connectivity index (χ1) is 19.2. The fourth-order valence-electron chi connectivity index (χ4n) is 4.37. The molecule has 0 aliphatic carbocycles. The lowest BCUT2D eigenvalue weighted by Crippen LogP contribution is -2.41. The molecule has 40 heavy (non-hydrogen) atoms. The van der Waals surface area contributed by atoms with Gasteiger partial charge in [0.1, 0.15) is 12.7 Å². The van der Waals surface area contributed by atoms with Gasteiger partial charge in [-0.15, -0.1) is 0 Å². The molecule has 0 amide bonds. The Kier molecular flexibility index (Phi) is 11.8. The Morgan fingerprint density at radius 1 is 1.15 bits per heavy atom. The van der Waals surface area contributed by atoms with E-state index in [1.165, 1.54) is 26.3 Å². The third kappa shape index (κ3) is 8.95. The van der Waals surface area contributed by atoms with Gasteiger partial charge in [-0.3, -0.25) is 14.4 Å². The third-order valence-corrected chi connectivity index (χ3v) is 6.22. The van der Waals surface area contributed by atoms with Crippen molar-refractivity contribution in [3.63, 3.8) is 0 Å². The SMILES string of the molecule is COc1ccnc(C(=O)C[C@H]2COC[C@H](Cc3ccccc3)[C@@H](OCC(F)F)[C@H](C)OC2=O)c1OCOC(C)=O. The number of halogens is 2. The van der Waals surface area contributed by atoms with Crippen LogP contribution in [0.5, 0.6) is 11.5 Å². The average molecular weight is 566 g/mol. The zero-order valence-electron chi connectivity index (χ0n) is 22.5. The monoisotopic (exact) mass is 565 g/mol. The number of esters is 2. The van der Waals surface area contributed by atoms with Crippen LogP contribution in [-0.2, 0) is 35.0 Å². The van der Waals surface area contributed by atoms with E-state index >= 15 is 0 Å². The van der Waals surface area contributed by atoms with E-state index in [2.05, 4.69) is 4.98 Å². The number of alkyl halides is 2. The first-order valence-electron chi connectivity index (χ1n) is 12.7. The molecule has 0 radical (unpaired) electrons. The standard InChI is InChI=1S/C28H33F2NO9/c1-17-26(37-15-24(29)30)20(11-19-7-5-4-6-8-19)13-36-14-21(28(34)40-17)12-22(33)25-27(39-16-38-18(2)32)23(35-3)9-10-31-25/h4-10,17,20-21,24,26H,11-16H2,1-3H3/t17-,20-,21-,26-/m0/s1. The number of nitrogens with zero attached hydrogens (tertiary/aromatic N) is 1. The summed E-state index contributed by atoms with van der Waals surface area (Å²) in [5.41, 5.74) is 0.809. The van der Waals surface area contributed by atoms with Crippen LogP contribution in [0.25, 0.3) is 0 Å². The minimum absolute atomic E-state index is 0.0506. The zero-order valence-corrected chi connectivity index (χ0v) is 22.5. The molecule has 0 saturated carbocycles. The molecule has 1 aliphatic heterocycles. The Bertz CT molecular complexity index is 1130. The van der Waals surface area contributed by atoms with Crippen LogP contribution in [0.15, 0.2) is 42.6 Å². The van der Waals surface area contributed by atoms with Gasteiger partial charge in [0.15, 0.2) is 23.0 Å². The normalized spacial score (nSPS) is 21.5. The van der Waals surface area contributed by atoms with Crippen LogP contribution >= 0.6 is 0 Å². The summed E-state index contributed by atoms with van der Waals surface area (Å²) in [6.07, 6.45) is -3.03. The van der Waals surface area contributed by atoms with E-state index < -0.39 is 61.6 Å². The number of carbonyl (C=O) groups is 3. The quantitative estimate of drug-likeness (QED) is 0.214. The van der Waals surface area contributed by atoms with Gasteiger partial charge in [0.2, 0.25) is 6.79 Å². The number of hydrogen-bond acceptors (Lipinski definition) is 10. The molecule has 0 unspecified atom stereocenters. The van der Waals surface area contributed by atoms with Crippen molar-refractivity contribution in [1.82, 2.24) is 4.98 Å². The Labute approximate surface area is 230 Å². The number of methoxy groups -OCH3 is 1. The lowest BCUT2D eigenvalue weighted by molar-refractivity contribution is -0.165. The summed E-state index contributed by atoms with van der Waals surface area (Å²) in [6, 6.07) is 10.9. The summed E-state index contributed by atoms with van der Waals surface area (Å²) < 4.78 is 58.5. The maximum absolute atomic E-state index is 13.3. The summed E-state index contributed by atoms with van der Waals surface area (Å²) >= 11 is 0. The number of ether oxygens (including phenoxy) is 6. The number of pyridine rings is 1. The summed E-state index contributed by atoms with van der Waals surface area (Å²) in [7, 11) is 1.37. The van der Waals surface area contributed by atoms with Crippen LogP contribution in [0.2, 0.25) is 0 Å². The molecule has 10 nitrogen and oxygen atoms in total. The van der Waals surface area contributed by atoms with Crippen molar-refractivity contribution in [2.75, 3.05) is 33.7 Å². The van der Waals surface area contributed by atoms with Gasteiger partial charge < -0.3 is 28.4 Å². The molecular weight excluding hydrogens is 532 g/mol. The van der Waals surface area contributed by atoms with E-state index in [-0.39, 0.29) is 36.8 Å². The Morgan fingerprint density at radius 2 is 1.90 bits per heavy atom. The predicted octanol–water partition coefficient (Wildman–Crippen LogP) is 3.65. The van der Waals surface area contributed by atoms with Crippen molar-refractivity contribution in [3.05, 3.63) is 53.9 Å². The van der Waals surface area contributed by atoms with Gasteiger partial charge in [-0.05, 0) is 18.9 Å². The highest BCUT2D eigenvalue weighted by Gasteiger charge is 2.36. The highest BCUT2D eigenvalue weighted by molar-refractivity contribution is 5.99.